The molecular weight excluding hydrogens is 610 g/mol. The van der Waals surface area contributed by atoms with Gasteiger partial charge >= 0.3 is 17.9 Å². The molecule has 252 valence electrons. The van der Waals surface area contributed by atoms with E-state index < -0.39 is 36.4 Å². The number of para-hydroxylation sites is 2. The number of carboxylic acids is 3. The van der Waals surface area contributed by atoms with Crippen molar-refractivity contribution in [1.29, 1.82) is 0 Å². The highest BCUT2D eigenvalue weighted by atomic mass is 16.4. The van der Waals surface area contributed by atoms with Crippen LogP contribution < -0.4 is 0 Å². The molecule has 0 unspecified atom stereocenters. The zero-order valence-electron chi connectivity index (χ0n) is 27.7. The van der Waals surface area contributed by atoms with Crippen LogP contribution in [0.1, 0.15) is 66.6 Å². The van der Waals surface area contributed by atoms with Gasteiger partial charge in [0.15, 0.2) is 5.60 Å². The molecule has 1 aliphatic rings. The van der Waals surface area contributed by atoms with Crippen LogP contribution in [0.25, 0.3) is 21.8 Å². The fourth-order valence-corrected chi connectivity index (χ4v) is 7.69. The minimum Gasteiger partial charge on any atom is -0.481 e. The Morgan fingerprint density at radius 3 is 1.48 bits per heavy atom. The van der Waals surface area contributed by atoms with Crippen LogP contribution in [0.3, 0.4) is 0 Å². The van der Waals surface area contributed by atoms with E-state index in [-0.39, 0.29) is 11.0 Å². The predicted molar refractivity (Wildman–Crippen MR) is 184 cm³/mol. The van der Waals surface area contributed by atoms with E-state index in [1.165, 1.54) is 49.9 Å². The van der Waals surface area contributed by atoms with E-state index in [9.17, 15) is 14.4 Å². The van der Waals surface area contributed by atoms with Crippen molar-refractivity contribution >= 4 is 39.7 Å². The lowest BCUT2D eigenvalue weighted by Crippen LogP contribution is -2.48. The highest BCUT2D eigenvalue weighted by Crippen LogP contribution is 2.54. The molecule has 1 aliphatic carbocycles. The molecule has 6 N–H and O–H groups in total. The largest absolute Gasteiger partial charge is 0.481 e. The molecule has 0 spiro atoms. The molecule has 0 bridgehead atoms. The van der Waals surface area contributed by atoms with Crippen LogP contribution in [0.15, 0.2) is 78.9 Å². The van der Waals surface area contributed by atoms with Gasteiger partial charge in [-0.1, -0.05) is 66.7 Å². The summed E-state index contributed by atoms with van der Waals surface area (Å²) in [5.41, 5.74) is 6.67. The first-order valence-corrected chi connectivity index (χ1v) is 16.0. The number of aliphatic carboxylic acids is 3. The van der Waals surface area contributed by atoms with Crippen LogP contribution in [0.5, 0.6) is 0 Å². The van der Waals surface area contributed by atoms with Crippen molar-refractivity contribution in [1.82, 2.24) is 14.9 Å². The number of aliphatic hydroxyl groups is 1. The van der Waals surface area contributed by atoms with Crippen molar-refractivity contribution in [2.45, 2.75) is 68.9 Å². The third-order valence-electron chi connectivity index (χ3n) is 10.3. The molecule has 1 fully saturated rings. The molecule has 0 amide bonds. The fraction of sp³-hybridized carbons (Fsp3) is 0.342. The lowest BCUT2D eigenvalue weighted by Gasteiger charge is -2.50. The minimum absolute atomic E-state index is 0.0462. The second-order valence-electron chi connectivity index (χ2n) is 13.2. The monoisotopic (exact) mass is 653 g/mol. The lowest BCUT2D eigenvalue weighted by molar-refractivity contribution is -0.170. The van der Waals surface area contributed by atoms with Gasteiger partial charge in [-0.25, -0.2) is 4.79 Å². The van der Waals surface area contributed by atoms with E-state index in [0.29, 0.717) is 0 Å². The molecule has 5 aromatic rings. The van der Waals surface area contributed by atoms with Crippen LogP contribution >= 0.6 is 0 Å². The highest BCUT2D eigenvalue weighted by molar-refractivity contribution is 5.89. The van der Waals surface area contributed by atoms with Crippen molar-refractivity contribution in [2.24, 2.45) is 0 Å². The molecule has 2 heterocycles. The van der Waals surface area contributed by atoms with Crippen molar-refractivity contribution < 1.29 is 34.8 Å². The van der Waals surface area contributed by atoms with Crippen LogP contribution in [0.2, 0.25) is 0 Å². The molecule has 3 aromatic carbocycles. The molecular formula is C38H43N3O7. The lowest BCUT2D eigenvalue weighted by atomic mass is 9.61. The van der Waals surface area contributed by atoms with Gasteiger partial charge in [0.05, 0.1) is 18.3 Å². The number of fused-ring (bicyclic) bond motifs is 2. The Morgan fingerprint density at radius 2 is 1.10 bits per heavy atom. The molecule has 6 rings (SSSR count). The topological polar surface area (TPSA) is 167 Å². The zero-order valence-corrected chi connectivity index (χ0v) is 27.7. The summed E-state index contributed by atoms with van der Waals surface area (Å²) in [5, 5.41) is 36.5. The van der Waals surface area contributed by atoms with Gasteiger partial charge in [-0.05, 0) is 82.4 Å². The predicted octanol–water partition coefficient (Wildman–Crippen LogP) is 6.33. The number of hydrogen-bond acceptors (Lipinski definition) is 5. The molecule has 10 heteroatoms. The summed E-state index contributed by atoms with van der Waals surface area (Å²) >= 11 is 0. The maximum absolute atomic E-state index is 10.3. The summed E-state index contributed by atoms with van der Waals surface area (Å²) in [5.74, 6) is -5.02. The van der Waals surface area contributed by atoms with Gasteiger partial charge in [-0.15, -0.1) is 0 Å². The number of benzene rings is 3. The molecule has 0 radical (unpaired) electrons. The van der Waals surface area contributed by atoms with Gasteiger partial charge in [0, 0.05) is 38.7 Å². The molecule has 1 saturated carbocycles. The van der Waals surface area contributed by atoms with Crippen molar-refractivity contribution in [3.05, 3.63) is 107 Å². The number of carboxylic acid groups (broad SMARTS) is 3. The summed E-state index contributed by atoms with van der Waals surface area (Å²) in [6, 6.07) is 28.7. The molecule has 0 aliphatic heterocycles. The molecule has 0 saturated heterocycles. The van der Waals surface area contributed by atoms with E-state index in [2.05, 4.69) is 122 Å². The quantitative estimate of drug-likeness (QED) is 0.107. The smallest absolute Gasteiger partial charge is 0.336 e. The zero-order chi connectivity index (χ0) is 34.9. The number of rotatable bonds is 9. The van der Waals surface area contributed by atoms with E-state index in [0.717, 1.165) is 25.7 Å². The third-order valence-corrected chi connectivity index (χ3v) is 10.3. The normalized spacial score (nSPS) is 15.6. The first-order chi connectivity index (χ1) is 22.7. The Kier molecular flexibility index (Phi) is 9.53. The van der Waals surface area contributed by atoms with Crippen LogP contribution in [-0.4, -0.2) is 72.9 Å². The number of aryl methyl sites for hydroxylation is 2. The minimum atomic E-state index is -2.74. The van der Waals surface area contributed by atoms with Crippen molar-refractivity contribution in [2.75, 3.05) is 14.1 Å². The van der Waals surface area contributed by atoms with Gasteiger partial charge in [0.1, 0.15) is 0 Å². The van der Waals surface area contributed by atoms with E-state index in [1.54, 1.807) is 0 Å². The summed E-state index contributed by atoms with van der Waals surface area (Å²) < 4.78 is 0. The number of nitrogens with zero attached hydrogens (tertiary/aromatic N) is 1. The molecule has 48 heavy (non-hydrogen) atoms. The fourth-order valence-electron chi connectivity index (χ4n) is 7.69. The molecule has 0 atom stereocenters. The highest BCUT2D eigenvalue weighted by Gasteiger charge is 2.49. The second-order valence-corrected chi connectivity index (χ2v) is 13.2. The van der Waals surface area contributed by atoms with Crippen molar-refractivity contribution in [3.8, 4) is 0 Å². The van der Waals surface area contributed by atoms with Gasteiger partial charge in [0.25, 0.3) is 0 Å². The number of nitrogens with one attached hydrogen (secondary N) is 2. The Balaban J connectivity index is 0.000000296. The summed E-state index contributed by atoms with van der Waals surface area (Å²) in [4.78, 5) is 40.8. The van der Waals surface area contributed by atoms with Gasteiger partial charge < -0.3 is 30.4 Å². The molecule has 10 nitrogen and oxygen atoms in total. The summed E-state index contributed by atoms with van der Waals surface area (Å²) in [7, 11) is 4.50. The SMILES string of the molecule is Cc1c(C2(c3[nH]c4ccccc4c3C)CCC(c3ccccc3)(N(C)C)CC2)[nH]c2ccccc12.O=C(O)CC(O)(CC(=O)O)C(=O)O. The maximum Gasteiger partial charge on any atom is 0.336 e. The summed E-state index contributed by atoms with van der Waals surface area (Å²) in [6.45, 7) is 4.61. The number of carbonyl (C=O) groups is 3. The average Bonchev–Trinajstić information content (AvgIpc) is 3.58. The summed E-state index contributed by atoms with van der Waals surface area (Å²) in [6.07, 6.45) is 2.09. The number of aromatic amines is 2. The Labute approximate surface area is 279 Å². The third kappa shape index (κ3) is 6.21. The molecule has 2 aromatic heterocycles. The Bertz CT molecular complexity index is 1850. The maximum atomic E-state index is 10.3. The number of hydrogen-bond donors (Lipinski definition) is 6. The van der Waals surface area contributed by atoms with E-state index >= 15 is 0 Å². The van der Waals surface area contributed by atoms with E-state index in [1.807, 2.05) is 0 Å². The average molecular weight is 654 g/mol. The number of aromatic nitrogens is 2. The Morgan fingerprint density at radius 1 is 0.688 bits per heavy atom. The van der Waals surface area contributed by atoms with E-state index in [4.69, 9.17) is 20.4 Å². The van der Waals surface area contributed by atoms with Gasteiger partial charge in [-0.2, -0.15) is 0 Å². The Hall–Kier alpha value is -4.93. The van der Waals surface area contributed by atoms with Crippen LogP contribution in [0.4, 0.5) is 0 Å². The first-order valence-electron chi connectivity index (χ1n) is 16.0. The number of H-pyrrole nitrogens is 2. The van der Waals surface area contributed by atoms with Crippen LogP contribution in [0, 0.1) is 13.8 Å². The first kappa shape index (κ1) is 34.4. The van der Waals surface area contributed by atoms with Gasteiger partial charge in [0.2, 0.25) is 0 Å². The van der Waals surface area contributed by atoms with Crippen molar-refractivity contribution in [3.63, 3.8) is 0 Å². The van der Waals surface area contributed by atoms with Crippen LogP contribution in [-0.2, 0) is 25.3 Å². The second kappa shape index (κ2) is 13.3. The standard InChI is InChI=1S/C32H35N3.C6H8O7/c1-22-25-14-8-10-16-27(25)33-29(22)31(30-23(2)26-15-9-11-17-28(26)34-30)18-20-32(21-19-31,35(3)4)24-12-6-5-7-13-24;7-3(8)1-6(13,5(11)12)2-4(9)10/h5-17,33-34H,18-21H2,1-4H3;13H,1-2H2,(H,7,8)(H,9,10)(H,11,12). The van der Waals surface area contributed by atoms with Gasteiger partial charge in [-0.3, -0.25) is 14.5 Å².